The number of hydrogen-bond acceptors (Lipinski definition) is 4. The summed E-state index contributed by atoms with van der Waals surface area (Å²) in [5.41, 5.74) is 1.60. The van der Waals surface area contributed by atoms with Gasteiger partial charge in [-0.25, -0.2) is 0 Å². The Hall–Kier alpha value is -1.87. The average molecular weight is 289 g/mol. The number of amides is 1. The molecule has 114 valence electrons. The first-order chi connectivity index (χ1) is 10.2. The number of aromatic nitrogens is 2. The molecule has 2 rings (SSSR count). The molecule has 1 aliphatic rings. The van der Waals surface area contributed by atoms with Crippen LogP contribution in [0.4, 0.5) is 0 Å². The highest BCUT2D eigenvalue weighted by molar-refractivity contribution is 5.92. The van der Waals surface area contributed by atoms with Crippen molar-refractivity contribution in [2.45, 2.75) is 45.7 Å². The number of nitrogens with one attached hydrogen (secondary N) is 1. The van der Waals surface area contributed by atoms with Crippen LogP contribution in [-0.4, -0.2) is 46.3 Å². The Morgan fingerprint density at radius 2 is 2.19 bits per heavy atom. The third kappa shape index (κ3) is 3.82. The molecule has 6 heteroatoms. The molecule has 2 heterocycles. The van der Waals surface area contributed by atoms with Gasteiger partial charge in [0.1, 0.15) is 5.69 Å². The van der Waals surface area contributed by atoms with E-state index < -0.39 is 0 Å². The number of piperidine rings is 1. The number of nitrogens with zero attached hydrogens (tertiary/aromatic N) is 4. The summed E-state index contributed by atoms with van der Waals surface area (Å²) in [5.74, 6) is -0.0391. The molecular formula is C15H23N5O. The van der Waals surface area contributed by atoms with Gasteiger partial charge in [-0.15, -0.1) is 0 Å². The van der Waals surface area contributed by atoms with E-state index in [1.54, 1.807) is 4.68 Å². The number of nitriles is 1. The van der Waals surface area contributed by atoms with E-state index in [1.807, 2.05) is 19.9 Å². The molecule has 21 heavy (non-hydrogen) atoms. The van der Waals surface area contributed by atoms with Crippen molar-refractivity contribution >= 4 is 5.91 Å². The number of likely N-dealkylation sites (tertiary alicyclic amines) is 1. The van der Waals surface area contributed by atoms with Crippen LogP contribution in [0.15, 0.2) is 6.07 Å². The third-order valence-corrected chi connectivity index (χ3v) is 3.94. The van der Waals surface area contributed by atoms with Crippen molar-refractivity contribution in [1.29, 1.82) is 5.26 Å². The fourth-order valence-corrected chi connectivity index (χ4v) is 2.66. The molecule has 0 atom stereocenters. The summed E-state index contributed by atoms with van der Waals surface area (Å²) in [4.78, 5) is 14.5. The van der Waals surface area contributed by atoms with Crippen LogP contribution in [0, 0.1) is 11.3 Å². The van der Waals surface area contributed by atoms with Crippen molar-refractivity contribution < 1.29 is 4.79 Å². The highest BCUT2D eigenvalue weighted by Crippen LogP contribution is 2.12. The molecule has 0 bridgehead atoms. The summed E-state index contributed by atoms with van der Waals surface area (Å²) < 4.78 is 1.76. The summed E-state index contributed by atoms with van der Waals surface area (Å²) in [7, 11) is 0. The van der Waals surface area contributed by atoms with Gasteiger partial charge in [-0.3, -0.25) is 14.4 Å². The second kappa shape index (κ2) is 7.23. The molecule has 1 fully saturated rings. The Morgan fingerprint density at radius 3 is 2.76 bits per heavy atom. The second-order valence-electron chi connectivity index (χ2n) is 5.37. The number of rotatable bonds is 5. The average Bonchev–Trinajstić information content (AvgIpc) is 2.93. The standard InChI is InChI=1S/C15H23N5O/c1-3-12-11-14(20(4-2)18-12)15(21)17-13-5-8-19(9-6-13)10-7-16/h11,13H,3-6,8-10H2,1-2H3,(H,17,21). The van der Waals surface area contributed by atoms with Gasteiger partial charge in [0.05, 0.1) is 18.3 Å². The van der Waals surface area contributed by atoms with Crippen LogP contribution < -0.4 is 5.32 Å². The first-order valence-corrected chi connectivity index (χ1v) is 7.64. The Morgan fingerprint density at radius 1 is 1.48 bits per heavy atom. The fraction of sp³-hybridized carbons (Fsp3) is 0.667. The zero-order valence-corrected chi connectivity index (χ0v) is 12.8. The van der Waals surface area contributed by atoms with Crippen LogP contribution in [0.25, 0.3) is 0 Å². The monoisotopic (exact) mass is 289 g/mol. The number of carbonyl (C=O) groups is 1. The molecule has 1 N–H and O–H groups in total. The van der Waals surface area contributed by atoms with E-state index in [0.29, 0.717) is 18.8 Å². The molecule has 6 nitrogen and oxygen atoms in total. The quantitative estimate of drug-likeness (QED) is 0.826. The van der Waals surface area contributed by atoms with Crippen LogP contribution in [0.5, 0.6) is 0 Å². The van der Waals surface area contributed by atoms with E-state index in [0.717, 1.165) is 38.0 Å². The van der Waals surface area contributed by atoms with E-state index in [4.69, 9.17) is 5.26 Å². The molecule has 0 spiro atoms. The first kappa shape index (κ1) is 15.5. The zero-order chi connectivity index (χ0) is 15.2. The molecule has 0 unspecified atom stereocenters. The number of hydrogen-bond donors (Lipinski definition) is 1. The maximum Gasteiger partial charge on any atom is 0.269 e. The van der Waals surface area contributed by atoms with Crippen LogP contribution in [-0.2, 0) is 13.0 Å². The summed E-state index contributed by atoms with van der Waals surface area (Å²) in [6, 6.07) is 4.24. The lowest BCUT2D eigenvalue weighted by Crippen LogP contribution is -2.45. The second-order valence-corrected chi connectivity index (χ2v) is 5.37. The molecule has 0 radical (unpaired) electrons. The van der Waals surface area contributed by atoms with Crippen LogP contribution in [0.1, 0.15) is 42.9 Å². The Bertz CT molecular complexity index is 523. The lowest BCUT2D eigenvalue weighted by Gasteiger charge is -2.30. The predicted octanol–water partition coefficient (Wildman–Crippen LogP) is 1.18. The minimum absolute atomic E-state index is 0.0391. The van der Waals surface area contributed by atoms with E-state index in [-0.39, 0.29) is 11.9 Å². The molecule has 1 aromatic rings. The highest BCUT2D eigenvalue weighted by atomic mass is 16.2. The Balaban J connectivity index is 1.93. The SMILES string of the molecule is CCc1cc(C(=O)NC2CCN(CC#N)CC2)n(CC)n1. The maximum absolute atomic E-state index is 12.4. The highest BCUT2D eigenvalue weighted by Gasteiger charge is 2.22. The van der Waals surface area contributed by atoms with Crippen molar-refractivity contribution in [2.75, 3.05) is 19.6 Å². The molecule has 1 aromatic heterocycles. The minimum atomic E-state index is -0.0391. The van der Waals surface area contributed by atoms with E-state index in [1.165, 1.54) is 0 Å². The van der Waals surface area contributed by atoms with Gasteiger partial charge in [-0.1, -0.05) is 6.92 Å². The van der Waals surface area contributed by atoms with E-state index >= 15 is 0 Å². The van der Waals surface area contributed by atoms with Crippen molar-refractivity contribution in [3.05, 3.63) is 17.5 Å². The van der Waals surface area contributed by atoms with Crippen molar-refractivity contribution in [3.63, 3.8) is 0 Å². The summed E-state index contributed by atoms with van der Waals surface area (Å²) in [5, 5.41) is 16.2. The van der Waals surface area contributed by atoms with Crippen molar-refractivity contribution in [2.24, 2.45) is 0 Å². The molecular weight excluding hydrogens is 266 g/mol. The van der Waals surface area contributed by atoms with Crippen molar-refractivity contribution in [3.8, 4) is 6.07 Å². The smallest absolute Gasteiger partial charge is 0.269 e. The Kier molecular flexibility index (Phi) is 5.34. The summed E-state index contributed by atoms with van der Waals surface area (Å²) in [6.07, 6.45) is 2.63. The van der Waals surface area contributed by atoms with Gasteiger partial charge in [0.2, 0.25) is 0 Å². The van der Waals surface area contributed by atoms with Crippen molar-refractivity contribution in [1.82, 2.24) is 20.0 Å². The number of carbonyl (C=O) groups excluding carboxylic acids is 1. The van der Waals surface area contributed by atoms with E-state index in [2.05, 4.69) is 21.4 Å². The summed E-state index contributed by atoms with van der Waals surface area (Å²) >= 11 is 0. The van der Waals surface area contributed by atoms with Gasteiger partial charge in [0, 0.05) is 25.7 Å². The molecule has 1 aliphatic heterocycles. The largest absolute Gasteiger partial charge is 0.348 e. The van der Waals surface area contributed by atoms with Crippen LogP contribution in [0.2, 0.25) is 0 Å². The van der Waals surface area contributed by atoms with Gasteiger partial charge in [0.25, 0.3) is 5.91 Å². The lowest BCUT2D eigenvalue weighted by molar-refractivity contribution is 0.0903. The number of aryl methyl sites for hydroxylation is 2. The Labute approximate surface area is 125 Å². The van der Waals surface area contributed by atoms with Gasteiger partial charge < -0.3 is 5.32 Å². The normalized spacial score (nSPS) is 16.6. The molecule has 0 aliphatic carbocycles. The zero-order valence-electron chi connectivity index (χ0n) is 12.8. The molecule has 0 saturated carbocycles. The van der Waals surface area contributed by atoms with E-state index in [9.17, 15) is 4.79 Å². The molecule has 1 saturated heterocycles. The minimum Gasteiger partial charge on any atom is -0.348 e. The first-order valence-electron chi connectivity index (χ1n) is 7.64. The summed E-state index contributed by atoms with van der Waals surface area (Å²) in [6.45, 7) is 6.93. The topological polar surface area (TPSA) is 74.0 Å². The van der Waals surface area contributed by atoms with Gasteiger partial charge >= 0.3 is 0 Å². The van der Waals surface area contributed by atoms with Gasteiger partial charge in [-0.2, -0.15) is 10.4 Å². The third-order valence-electron chi connectivity index (χ3n) is 3.94. The van der Waals surface area contributed by atoms with Gasteiger partial charge in [0.15, 0.2) is 0 Å². The van der Waals surface area contributed by atoms with Crippen LogP contribution >= 0.6 is 0 Å². The predicted molar refractivity (Wildman–Crippen MR) is 79.8 cm³/mol. The lowest BCUT2D eigenvalue weighted by atomic mass is 10.0. The molecule has 0 aromatic carbocycles. The fourth-order valence-electron chi connectivity index (χ4n) is 2.66. The van der Waals surface area contributed by atoms with Gasteiger partial charge in [-0.05, 0) is 32.3 Å². The van der Waals surface area contributed by atoms with Crippen LogP contribution in [0.3, 0.4) is 0 Å². The maximum atomic E-state index is 12.4. The molecule has 1 amide bonds.